The maximum Gasteiger partial charge on any atom is 0.400 e. The quantitative estimate of drug-likeness (QED) is 0.371. The minimum Gasteiger partial charge on any atom is -0.409 e. The molecule has 3 N–H and O–H groups in total. The maximum atomic E-state index is 12.7. The Balaban J connectivity index is 2.66. The highest BCUT2D eigenvalue weighted by Crippen LogP contribution is 2.27. The van der Waals surface area contributed by atoms with Crippen LogP contribution in [0.15, 0.2) is 16.0 Å². The first-order chi connectivity index (χ1) is 8.34. The van der Waals surface area contributed by atoms with Gasteiger partial charge < -0.3 is 10.9 Å². The molecule has 1 rings (SSSR count). The van der Waals surface area contributed by atoms with Gasteiger partial charge in [-0.2, -0.15) is 13.2 Å². The van der Waals surface area contributed by atoms with Gasteiger partial charge in [0, 0.05) is 18.5 Å². The molecule has 9 heteroatoms. The molecule has 0 aliphatic rings. The van der Waals surface area contributed by atoms with Gasteiger partial charge in [-0.05, 0) is 7.05 Å². The summed E-state index contributed by atoms with van der Waals surface area (Å²) in [4.78, 5) is 5.40. The standard InChI is InChI=1S/C9H13F3N4OS/c1-16(2-6-4-18-5-14-6)3-7(8(13)15-17)9(10,11)12/h4-5,7,17H,2-3H2,1H3,(H2,13,15). The Morgan fingerprint density at radius 2 is 2.33 bits per heavy atom. The lowest BCUT2D eigenvalue weighted by Crippen LogP contribution is -2.43. The predicted molar refractivity (Wildman–Crippen MR) is 61.4 cm³/mol. The monoisotopic (exact) mass is 282 g/mol. The summed E-state index contributed by atoms with van der Waals surface area (Å²) < 4.78 is 38.1. The van der Waals surface area contributed by atoms with Gasteiger partial charge in [-0.1, -0.05) is 5.16 Å². The van der Waals surface area contributed by atoms with Crippen LogP contribution in [0.2, 0.25) is 0 Å². The van der Waals surface area contributed by atoms with E-state index in [2.05, 4.69) is 10.1 Å². The Morgan fingerprint density at radius 1 is 1.67 bits per heavy atom. The summed E-state index contributed by atoms with van der Waals surface area (Å²) >= 11 is 1.37. The van der Waals surface area contributed by atoms with E-state index < -0.39 is 24.5 Å². The van der Waals surface area contributed by atoms with Gasteiger partial charge in [-0.3, -0.25) is 4.90 Å². The number of thiazole rings is 1. The Labute approximate surface area is 106 Å². The molecule has 0 aromatic carbocycles. The Hall–Kier alpha value is -1.35. The lowest BCUT2D eigenvalue weighted by molar-refractivity contribution is -0.159. The predicted octanol–water partition coefficient (Wildman–Crippen LogP) is 1.50. The van der Waals surface area contributed by atoms with Gasteiger partial charge >= 0.3 is 6.18 Å². The first kappa shape index (κ1) is 14.7. The summed E-state index contributed by atoms with van der Waals surface area (Å²) in [5.74, 6) is -2.83. The molecule has 1 aromatic rings. The summed E-state index contributed by atoms with van der Waals surface area (Å²) in [7, 11) is 1.52. The van der Waals surface area contributed by atoms with Crippen LogP contribution < -0.4 is 5.73 Å². The van der Waals surface area contributed by atoms with Crippen molar-refractivity contribution in [3.63, 3.8) is 0 Å². The zero-order valence-electron chi connectivity index (χ0n) is 9.55. The number of rotatable bonds is 5. The molecule has 1 heterocycles. The first-order valence-electron chi connectivity index (χ1n) is 4.94. The number of amidine groups is 1. The van der Waals surface area contributed by atoms with Crippen LogP contribution in [-0.2, 0) is 6.54 Å². The zero-order valence-corrected chi connectivity index (χ0v) is 10.4. The summed E-state index contributed by atoms with van der Waals surface area (Å²) in [5.41, 5.74) is 7.35. The molecule has 0 spiro atoms. The van der Waals surface area contributed by atoms with Crippen LogP contribution in [0.1, 0.15) is 5.69 Å². The molecule has 0 radical (unpaired) electrons. The van der Waals surface area contributed by atoms with Crippen molar-refractivity contribution in [3.8, 4) is 0 Å². The fraction of sp³-hybridized carbons (Fsp3) is 0.556. The molecule has 1 aromatic heterocycles. The molecular weight excluding hydrogens is 269 g/mol. The second-order valence-electron chi connectivity index (χ2n) is 3.80. The minimum atomic E-state index is -4.55. The smallest absolute Gasteiger partial charge is 0.400 e. The van der Waals surface area contributed by atoms with Crippen LogP contribution in [0, 0.1) is 5.92 Å². The number of nitrogens with zero attached hydrogens (tertiary/aromatic N) is 3. The Morgan fingerprint density at radius 3 is 2.78 bits per heavy atom. The van der Waals surface area contributed by atoms with Crippen LogP contribution in [0.4, 0.5) is 13.2 Å². The molecule has 0 aliphatic carbocycles. The van der Waals surface area contributed by atoms with Gasteiger partial charge in [0.2, 0.25) is 0 Å². The van der Waals surface area contributed by atoms with Crippen LogP contribution in [0.5, 0.6) is 0 Å². The van der Waals surface area contributed by atoms with Gasteiger partial charge in [-0.15, -0.1) is 11.3 Å². The number of alkyl halides is 3. The molecule has 0 saturated carbocycles. The second-order valence-corrected chi connectivity index (χ2v) is 4.51. The number of aromatic nitrogens is 1. The van der Waals surface area contributed by atoms with Gasteiger partial charge in [0.05, 0.1) is 11.2 Å². The van der Waals surface area contributed by atoms with Crippen molar-refractivity contribution in [3.05, 3.63) is 16.6 Å². The molecule has 1 atom stereocenters. The number of oxime groups is 1. The molecule has 102 valence electrons. The maximum absolute atomic E-state index is 12.7. The SMILES string of the molecule is CN(Cc1cscn1)CC(C(N)=NO)C(F)(F)F. The average molecular weight is 282 g/mol. The first-order valence-corrected chi connectivity index (χ1v) is 5.88. The van der Waals surface area contributed by atoms with Crippen LogP contribution >= 0.6 is 11.3 Å². The van der Waals surface area contributed by atoms with E-state index in [0.29, 0.717) is 5.69 Å². The van der Waals surface area contributed by atoms with Crippen LogP contribution in [0.3, 0.4) is 0 Å². The van der Waals surface area contributed by atoms with Gasteiger partial charge in [0.25, 0.3) is 0 Å². The van der Waals surface area contributed by atoms with E-state index in [4.69, 9.17) is 10.9 Å². The summed E-state index contributed by atoms with van der Waals surface area (Å²) in [6.07, 6.45) is -4.55. The summed E-state index contributed by atoms with van der Waals surface area (Å²) in [6.45, 7) is -0.119. The third-order valence-electron chi connectivity index (χ3n) is 2.28. The third-order valence-corrected chi connectivity index (χ3v) is 2.91. The number of nitrogens with two attached hydrogens (primary N) is 1. The highest BCUT2D eigenvalue weighted by Gasteiger charge is 2.43. The van der Waals surface area contributed by atoms with Gasteiger partial charge in [-0.25, -0.2) is 4.98 Å². The Bertz CT molecular complexity index is 393. The summed E-state index contributed by atoms with van der Waals surface area (Å²) in [5, 5.41) is 12.6. The van der Waals surface area contributed by atoms with Gasteiger partial charge in [0.1, 0.15) is 5.92 Å². The van der Waals surface area contributed by atoms with E-state index in [-0.39, 0.29) is 6.54 Å². The van der Waals surface area contributed by atoms with Crippen molar-refractivity contribution >= 4 is 17.2 Å². The van der Waals surface area contributed by atoms with Crippen molar-refractivity contribution in [2.75, 3.05) is 13.6 Å². The van der Waals surface area contributed by atoms with Crippen LogP contribution in [-0.4, -0.2) is 40.7 Å². The van der Waals surface area contributed by atoms with Crippen molar-refractivity contribution in [2.24, 2.45) is 16.8 Å². The molecule has 0 aliphatic heterocycles. The van der Waals surface area contributed by atoms with Crippen molar-refractivity contribution in [1.82, 2.24) is 9.88 Å². The van der Waals surface area contributed by atoms with Crippen molar-refractivity contribution < 1.29 is 18.4 Å². The van der Waals surface area contributed by atoms with Gasteiger partial charge in [0.15, 0.2) is 5.84 Å². The largest absolute Gasteiger partial charge is 0.409 e. The number of hydrogen-bond donors (Lipinski definition) is 2. The lowest BCUT2D eigenvalue weighted by Gasteiger charge is -2.24. The molecule has 0 amide bonds. The fourth-order valence-corrected chi connectivity index (χ4v) is 1.95. The van der Waals surface area contributed by atoms with Crippen molar-refractivity contribution in [2.45, 2.75) is 12.7 Å². The molecule has 18 heavy (non-hydrogen) atoms. The average Bonchev–Trinajstić information content (AvgIpc) is 2.76. The van der Waals surface area contributed by atoms with Crippen LogP contribution in [0.25, 0.3) is 0 Å². The molecule has 0 saturated heterocycles. The van der Waals surface area contributed by atoms with E-state index in [1.165, 1.54) is 23.3 Å². The minimum absolute atomic E-state index is 0.273. The number of halogens is 3. The second kappa shape index (κ2) is 6.01. The van der Waals surface area contributed by atoms with E-state index in [0.717, 1.165) is 0 Å². The lowest BCUT2D eigenvalue weighted by atomic mass is 10.1. The molecule has 0 fully saturated rings. The summed E-state index contributed by atoms with van der Waals surface area (Å²) in [6, 6.07) is 0. The molecule has 1 unspecified atom stereocenters. The zero-order chi connectivity index (χ0) is 13.8. The highest BCUT2D eigenvalue weighted by molar-refractivity contribution is 7.07. The molecular formula is C9H13F3N4OS. The number of hydrogen-bond acceptors (Lipinski definition) is 5. The Kier molecular flexibility index (Phi) is 4.91. The van der Waals surface area contributed by atoms with Crippen molar-refractivity contribution in [1.29, 1.82) is 0 Å². The van der Waals surface area contributed by atoms with E-state index in [1.54, 1.807) is 10.9 Å². The topological polar surface area (TPSA) is 74.7 Å². The van der Waals surface area contributed by atoms with E-state index in [9.17, 15) is 13.2 Å². The normalized spacial score (nSPS) is 15.1. The molecule has 0 bridgehead atoms. The third kappa shape index (κ3) is 4.15. The van der Waals surface area contributed by atoms with E-state index >= 15 is 0 Å². The fourth-order valence-electron chi connectivity index (χ4n) is 1.40. The molecule has 5 nitrogen and oxygen atoms in total. The highest BCUT2D eigenvalue weighted by atomic mass is 32.1. The van der Waals surface area contributed by atoms with E-state index in [1.807, 2.05) is 0 Å².